The summed E-state index contributed by atoms with van der Waals surface area (Å²) in [4.78, 5) is 5.40. The van der Waals surface area contributed by atoms with Crippen molar-refractivity contribution in [2.75, 3.05) is 0 Å². The van der Waals surface area contributed by atoms with Crippen LogP contribution in [-0.2, 0) is 6.54 Å². The Balaban J connectivity index is 2.69. The molecular weight excluding hydrogens is 196 g/mol. The summed E-state index contributed by atoms with van der Waals surface area (Å²) in [7, 11) is 0. The van der Waals surface area contributed by atoms with Gasteiger partial charge in [0.1, 0.15) is 0 Å². The Kier molecular flexibility index (Phi) is 3.21. The van der Waals surface area contributed by atoms with Gasteiger partial charge in [0.15, 0.2) is 0 Å². The van der Waals surface area contributed by atoms with Gasteiger partial charge in [0.05, 0.1) is 23.0 Å². The number of aromatic nitrogens is 2. The zero-order valence-electron chi connectivity index (χ0n) is 9.03. The summed E-state index contributed by atoms with van der Waals surface area (Å²) < 4.78 is 3.84. The molecule has 14 heavy (non-hydrogen) atoms. The molecule has 0 aliphatic heterocycles. The van der Waals surface area contributed by atoms with Crippen molar-refractivity contribution in [1.82, 2.24) is 9.59 Å². The molecule has 0 amide bonds. The van der Waals surface area contributed by atoms with Crippen molar-refractivity contribution in [2.45, 2.75) is 34.2 Å². The summed E-state index contributed by atoms with van der Waals surface area (Å²) in [6.45, 7) is 8.66. The van der Waals surface area contributed by atoms with Crippen LogP contribution in [0.4, 0.5) is 0 Å². The maximum Gasteiger partial charge on any atom is 0.0995 e. The zero-order chi connectivity index (χ0) is 10.8. The van der Waals surface area contributed by atoms with Gasteiger partial charge in [-0.15, -0.1) is 5.10 Å². The second kappa shape index (κ2) is 4.04. The van der Waals surface area contributed by atoms with Gasteiger partial charge in [-0.25, -0.2) is 0 Å². The molecule has 0 aliphatic rings. The number of amidine groups is 1. The Bertz CT molecular complexity index is 335. The maximum atomic E-state index is 5.83. The van der Waals surface area contributed by atoms with Crippen LogP contribution in [0.5, 0.6) is 0 Å². The molecule has 0 aromatic carbocycles. The van der Waals surface area contributed by atoms with Gasteiger partial charge in [-0.05, 0) is 18.5 Å². The Morgan fingerprint density at radius 2 is 2.14 bits per heavy atom. The van der Waals surface area contributed by atoms with E-state index < -0.39 is 0 Å². The topological polar surface area (TPSA) is 64.2 Å². The summed E-state index contributed by atoms with van der Waals surface area (Å²) in [6.07, 6.45) is 0. The number of rotatable bonds is 2. The van der Waals surface area contributed by atoms with Crippen molar-refractivity contribution < 1.29 is 0 Å². The first-order valence-electron chi connectivity index (χ1n) is 4.49. The van der Waals surface area contributed by atoms with Gasteiger partial charge in [0.25, 0.3) is 0 Å². The van der Waals surface area contributed by atoms with Crippen molar-refractivity contribution in [3.63, 3.8) is 0 Å². The Morgan fingerprint density at radius 1 is 1.50 bits per heavy atom. The normalized spacial score (nSPS) is 13.3. The van der Waals surface area contributed by atoms with Gasteiger partial charge >= 0.3 is 0 Å². The molecule has 1 aromatic heterocycles. The second-order valence-corrected chi connectivity index (χ2v) is 5.07. The fourth-order valence-electron chi connectivity index (χ4n) is 0.790. The molecule has 0 spiro atoms. The lowest BCUT2D eigenvalue weighted by molar-refractivity contribution is 0.581. The van der Waals surface area contributed by atoms with E-state index in [1.54, 1.807) is 0 Å². The lowest BCUT2D eigenvalue weighted by Gasteiger charge is -2.16. The van der Waals surface area contributed by atoms with E-state index in [4.69, 9.17) is 5.73 Å². The highest BCUT2D eigenvalue weighted by atomic mass is 32.1. The summed E-state index contributed by atoms with van der Waals surface area (Å²) in [5.74, 6) is 0.672. The summed E-state index contributed by atoms with van der Waals surface area (Å²) in [5, 5.41) is 3.92. The average molecular weight is 212 g/mol. The lowest BCUT2D eigenvalue weighted by Crippen LogP contribution is -2.28. The van der Waals surface area contributed by atoms with Crippen molar-refractivity contribution >= 4 is 17.4 Å². The monoisotopic (exact) mass is 212 g/mol. The molecule has 1 aromatic rings. The van der Waals surface area contributed by atoms with Crippen LogP contribution < -0.4 is 5.73 Å². The molecule has 1 heterocycles. The molecule has 0 unspecified atom stereocenters. The number of aliphatic imine (C=N–C) groups is 1. The smallest absolute Gasteiger partial charge is 0.0995 e. The molecule has 0 fully saturated rings. The van der Waals surface area contributed by atoms with E-state index in [0.717, 1.165) is 10.6 Å². The second-order valence-electron chi connectivity index (χ2n) is 4.23. The molecule has 5 heteroatoms. The molecule has 78 valence electrons. The third-order valence-electron chi connectivity index (χ3n) is 1.91. The van der Waals surface area contributed by atoms with Crippen molar-refractivity contribution in [2.24, 2.45) is 16.1 Å². The SMILES string of the molecule is Cc1nnsc1CN=C(N)C(C)(C)C. The highest BCUT2D eigenvalue weighted by Gasteiger charge is 2.15. The Morgan fingerprint density at radius 3 is 2.57 bits per heavy atom. The first kappa shape index (κ1) is 11.1. The van der Waals surface area contributed by atoms with Crippen molar-refractivity contribution in [3.05, 3.63) is 10.6 Å². The van der Waals surface area contributed by atoms with Crippen molar-refractivity contribution in [1.29, 1.82) is 0 Å². The predicted molar refractivity (Wildman–Crippen MR) is 59.4 cm³/mol. The molecule has 4 nitrogen and oxygen atoms in total. The van der Waals surface area contributed by atoms with Crippen LogP contribution in [0.2, 0.25) is 0 Å². The highest BCUT2D eigenvalue weighted by molar-refractivity contribution is 7.05. The molecule has 0 saturated heterocycles. The van der Waals surface area contributed by atoms with E-state index in [2.05, 4.69) is 14.6 Å². The highest BCUT2D eigenvalue weighted by Crippen LogP contribution is 2.15. The molecule has 0 radical (unpaired) electrons. The van der Waals surface area contributed by atoms with Gasteiger partial charge < -0.3 is 5.73 Å². The largest absolute Gasteiger partial charge is 0.387 e. The van der Waals surface area contributed by atoms with Crippen LogP contribution >= 0.6 is 11.5 Å². The minimum Gasteiger partial charge on any atom is -0.387 e. The fraction of sp³-hybridized carbons (Fsp3) is 0.667. The van der Waals surface area contributed by atoms with Crippen molar-refractivity contribution in [3.8, 4) is 0 Å². The summed E-state index contributed by atoms with van der Waals surface area (Å²) in [6, 6.07) is 0. The maximum absolute atomic E-state index is 5.83. The molecule has 0 atom stereocenters. The van der Waals surface area contributed by atoms with Gasteiger partial charge in [-0.1, -0.05) is 25.3 Å². The van der Waals surface area contributed by atoms with E-state index in [1.807, 2.05) is 27.7 Å². The quantitative estimate of drug-likeness (QED) is 0.600. The average Bonchev–Trinajstić information content (AvgIpc) is 2.45. The zero-order valence-corrected chi connectivity index (χ0v) is 9.85. The fourth-order valence-corrected chi connectivity index (χ4v) is 1.35. The molecular formula is C9H16N4S. The number of hydrogen-bond acceptors (Lipinski definition) is 4. The first-order chi connectivity index (χ1) is 6.41. The van der Waals surface area contributed by atoms with Crippen LogP contribution in [-0.4, -0.2) is 15.4 Å². The van der Waals surface area contributed by atoms with Gasteiger partial charge in [0.2, 0.25) is 0 Å². The van der Waals surface area contributed by atoms with Crippen LogP contribution in [0.1, 0.15) is 31.3 Å². The summed E-state index contributed by atoms with van der Waals surface area (Å²) >= 11 is 1.38. The van der Waals surface area contributed by atoms with Gasteiger partial charge in [0, 0.05) is 5.41 Å². The van der Waals surface area contributed by atoms with E-state index in [0.29, 0.717) is 12.4 Å². The molecule has 0 saturated carbocycles. The molecule has 1 rings (SSSR count). The van der Waals surface area contributed by atoms with Crippen LogP contribution in [0.3, 0.4) is 0 Å². The van der Waals surface area contributed by atoms with Crippen LogP contribution in [0.15, 0.2) is 4.99 Å². The van der Waals surface area contributed by atoms with E-state index in [9.17, 15) is 0 Å². The van der Waals surface area contributed by atoms with E-state index in [-0.39, 0.29) is 5.41 Å². The van der Waals surface area contributed by atoms with Gasteiger partial charge in [-0.3, -0.25) is 4.99 Å². The lowest BCUT2D eigenvalue weighted by atomic mass is 9.95. The molecule has 2 N–H and O–H groups in total. The molecule has 0 bridgehead atoms. The van der Waals surface area contributed by atoms with Crippen LogP contribution in [0, 0.1) is 12.3 Å². The Hall–Kier alpha value is -0.970. The minimum absolute atomic E-state index is 0.0635. The number of nitrogens with two attached hydrogens (primary N) is 1. The minimum atomic E-state index is -0.0635. The first-order valence-corrected chi connectivity index (χ1v) is 5.27. The van der Waals surface area contributed by atoms with E-state index in [1.165, 1.54) is 11.5 Å². The van der Waals surface area contributed by atoms with E-state index >= 15 is 0 Å². The number of nitrogens with zero attached hydrogens (tertiary/aromatic N) is 3. The number of aryl methyl sites for hydroxylation is 1. The van der Waals surface area contributed by atoms with Crippen LogP contribution in [0.25, 0.3) is 0 Å². The summed E-state index contributed by atoms with van der Waals surface area (Å²) in [5.41, 5.74) is 6.71. The Labute approximate surface area is 88.4 Å². The standard InChI is InChI=1S/C9H16N4S/c1-6-7(14-13-12-6)5-11-8(10)9(2,3)4/h5H2,1-4H3,(H2,10,11). The third-order valence-corrected chi connectivity index (χ3v) is 2.72. The third kappa shape index (κ3) is 2.77. The number of hydrogen-bond donors (Lipinski definition) is 1. The van der Waals surface area contributed by atoms with Gasteiger partial charge in [-0.2, -0.15) is 0 Å². The predicted octanol–water partition coefficient (Wildman–Crippen LogP) is 1.75. The molecule has 0 aliphatic carbocycles.